The molecular formula is C27H29ClN2O4. The zero-order chi connectivity index (χ0) is 24.2. The highest BCUT2D eigenvalue weighted by Crippen LogP contribution is 2.39. The van der Waals surface area contributed by atoms with Gasteiger partial charge in [0.25, 0.3) is 5.91 Å². The Bertz CT molecular complexity index is 1270. The normalized spacial score (nSPS) is 15.2. The van der Waals surface area contributed by atoms with Crippen LogP contribution >= 0.6 is 11.6 Å². The zero-order valence-corrected chi connectivity index (χ0v) is 20.3. The fourth-order valence-corrected chi connectivity index (χ4v) is 4.68. The molecule has 3 aromatic rings. The molecule has 6 nitrogen and oxygen atoms in total. The molecule has 0 saturated carbocycles. The van der Waals surface area contributed by atoms with E-state index in [0.717, 1.165) is 31.6 Å². The predicted molar refractivity (Wildman–Crippen MR) is 135 cm³/mol. The first kappa shape index (κ1) is 24.0. The lowest BCUT2D eigenvalue weighted by atomic mass is 9.98. The van der Waals surface area contributed by atoms with Crippen molar-refractivity contribution >= 4 is 28.5 Å². The minimum Gasteiger partial charge on any atom is -0.490 e. The van der Waals surface area contributed by atoms with E-state index in [0.29, 0.717) is 40.5 Å². The standard InChI is InChI=1S/C27H29ClN2O4/c1-4-15-33-20-10-7-9-18(16-20)24-23-25(31)21-17-19(28)11-12-22(21)34-26(23)27(32)30(24)14-8-13-29(5-2)6-3/h4,7,9-12,16-17,24H,1,5-6,8,13-15H2,2-3H3/t24-/m1/s1. The van der Waals surface area contributed by atoms with E-state index in [1.807, 2.05) is 24.3 Å². The summed E-state index contributed by atoms with van der Waals surface area (Å²) >= 11 is 6.16. The SMILES string of the molecule is C=CCOc1cccc([C@@H]2c3c(oc4ccc(Cl)cc4c3=O)C(=O)N2CCCN(CC)CC)c1. The number of ether oxygens (including phenoxy) is 1. The molecule has 1 atom stereocenters. The van der Waals surface area contributed by atoms with Crippen LogP contribution in [0.15, 0.2) is 64.3 Å². The molecule has 0 spiro atoms. The van der Waals surface area contributed by atoms with E-state index in [-0.39, 0.29) is 17.1 Å². The molecule has 0 unspecified atom stereocenters. The van der Waals surface area contributed by atoms with Crippen LogP contribution in [-0.4, -0.2) is 48.5 Å². The van der Waals surface area contributed by atoms with Crippen LogP contribution < -0.4 is 10.2 Å². The lowest BCUT2D eigenvalue weighted by molar-refractivity contribution is 0.0720. The van der Waals surface area contributed by atoms with Crippen molar-refractivity contribution < 1.29 is 13.9 Å². The lowest BCUT2D eigenvalue weighted by Crippen LogP contribution is -2.33. The maximum absolute atomic E-state index is 13.6. The van der Waals surface area contributed by atoms with Crippen LogP contribution in [0.25, 0.3) is 11.0 Å². The molecule has 0 saturated heterocycles. The fourth-order valence-electron chi connectivity index (χ4n) is 4.50. The second-order valence-electron chi connectivity index (χ2n) is 8.27. The molecule has 1 aromatic heterocycles. The van der Waals surface area contributed by atoms with Gasteiger partial charge < -0.3 is 19.0 Å². The number of hydrogen-bond donors (Lipinski definition) is 0. The molecule has 0 radical (unpaired) electrons. The maximum Gasteiger partial charge on any atom is 0.290 e. The van der Waals surface area contributed by atoms with Crippen LogP contribution in [0, 0.1) is 0 Å². The molecule has 4 rings (SSSR count). The third-order valence-electron chi connectivity index (χ3n) is 6.24. The number of nitrogens with zero attached hydrogens (tertiary/aromatic N) is 2. The Morgan fingerprint density at radius 1 is 1.18 bits per heavy atom. The first-order valence-electron chi connectivity index (χ1n) is 11.6. The number of fused-ring (bicyclic) bond motifs is 2. The van der Waals surface area contributed by atoms with Crippen molar-refractivity contribution in [1.82, 2.24) is 9.80 Å². The maximum atomic E-state index is 13.6. The first-order chi connectivity index (χ1) is 16.5. The van der Waals surface area contributed by atoms with E-state index in [2.05, 4.69) is 25.3 Å². The molecule has 0 N–H and O–H groups in total. The number of rotatable bonds is 10. The van der Waals surface area contributed by atoms with Crippen LogP contribution in [0.1, 0.15) is 48.0 Å². The van der Waals surface area contributed by atoms with Gasteiger partial charge in [0.05, 0.1) is 17.0 Å². The Morgan fingerprint density at radius 3 is 2.71 bits per heavy atom. The Labute approximate surface area is 204 Å². The Hall–Kier alpha value is -3.09. The van der Waals surface area contributed by atoms with E-state index in [4.69, 9.17) is 20.8 Å². The Balaban J connectivity index is 1.80. The molecule has 1 aliphatic rings. The number of carbonyl (C=O) groups is 1. The second-order valence-corrected chi connectivity index (χ2v) is 8.70. The molecule has 34 heavy (non-hydrogen) atoms. The molecular weight excluding hydrogens is 452 g/mol. The summed E-state index contributed by atoms with van der Waals surface area (Å²) in [6, 6.07) is 11.8. The van der Waals surface area contributed by atoms with Crippen molar-refractivity contribution in [3.8, 4) is 5.75 Å². The van der Waals surface area contributed by atoms with Crippen molar-refractivity contribution in [2.45, 2.75) is 26.3 Å². The van der Waals surface area contributed by atoms with Crippen LogP contribution in [0.2, 0.25) is 5.02 Å². The van der Waals surface area contributed by atoms with Gasteiger partial charge >= 0.3 is 0 Å². The van der Waals surface area contributed by atoms with Crippen molar-refractivity contribution in [2.75, 3.05) is 32.8 Å². The van der Waals surface area contributed by atoms with Gasteiger partial charge in [0.2, 0.25) is 5.76 Å². The monoisotopic (exact) mass is 480 g/mol. The van der Waals surface area contributed by atoms with E-state index in [9.17, 15) is 9.59 Å². The molecule has 0 bridgehead atoms. The van der Waals surface area contributed by atoms with Gasteiger partial charge in [0, 0.05) is 11.6 Å². The topological polar surface area (TPSA) is 63.0 Å². The number of carbonyl (C=O) groups excluding carboxylic acids is 1. The van der Waals surface area contributed by atoms with E-state index in [1.54, 1.807) is 29.2 Å². The third-order valence-corrected chi connectivity index (χ3v) is 6.47. The minimum atomic E-state index is -0.564. The zero-order valence-electron chi connectivity index (χ0n) is 19.6. The van der Waals surface area contributed by atoms with Crippen molar-refractivity contribution in [3.05, 3.63) is 87.3 Å². The summed E-state index contributed by atoms with van der Waals surface area (Å²) in [5.41, 5.74) is 1.27. The molecule has 1 amide bonds. The van der Waals surface area contributed by atoms with E-state index < -0.39 is 6.04 Å². The van der Waals surface area contributed by atoms with E-state index >= 15 is 0 Å². The first-order valence-corrected chi connectivity index (χ1v) is 12.0. The Morgan fingerprint density at radius 2 is 1.97 bits per heavy atom. The summed E-state index contributed by atoms with van der Waals surface area (Å²) in [6.07, 6.45) is 2.45. The molecule has 178 valence electrons. The summed E-state index contributed by atoms with van der Waals surface area (Å²) in [5.74, 6) is 0.477. The van der Waals surface area contributed by atoms with Gasteiger partial charge in [-0.05, 0) is 62.0 Å². The Kier molecular flexibility index (Phi) is 7.39. The summed E-state index contributed by atoms with van der Waals surface area (Å²) in [5, 5.41) is 0.810. The molecule has 0 aliphatic carbocycles. The number of hydrogen-bond acceptors (Lipinski definition) is 5. The van der Waals surface area contributed by atoms with Gasteiger partial charge in [-0.15, -0.1) is 0 Å². The highest BCUT2D eigenvalue weighted by molar-refractivity contribution is 6.31. The van der Waals surface area contributed by atoms with E-state index in [1.165, 1.54) is 0 Å². The second kappa shape index (κ2) is 10.5. The number of halogens is 1. The van der Waals surface area contributed by atoms with Crippen LogP contribution in [0.3, 0.4) is 0 Å². The average molecular weight is 481 g/mol. The van der Waals surface area contributed by atoms with Crippen LogP contribution in [0.4, 0.5) is 0 Å². The molecule has 1 aliphatic heterocycles. The molecule has 0 fully saturated rings. The number of benzene rings is 2. The van der Waals surface area contributed by atoms with Crippen LogP contribution in [-0.2, 0) is 0 Å². The van der Waals surface area contributed by atoms with Gasteiger partial charge in [-0.2, -0.15) is 0 Å². The van der Waals surface area contributed by atoms with Gasteiger partial charge in [-0.1, -0.05) is 50.2 Å². The highest BCUT2D eigenvalue weighted by Gasteiger charge is 2.42. The summed E-state index contributed by atoms with van der Waals surface area (Å²) in [7, 11) is 0. The summed E-state index contributed by atoms with van der Waals surface area (Å²) < 4.78 is 11.7. The highest BCUT2D eigenvalue weighted by atomic mass is 35.5. The largest absolute Gasteiger partial charge is 0.490 e. The molecule has 2 aromatic carbocycles. The third kappa shape index (κ3) is 4.61. The van der Waals surface area contributed by atoms with Gasteiger partial charge in [0.15, 0.2) is 5.43 Å². The average Bonchev–Trinajstić information content (AvgIpc) is 3.13. The lowest BCUT2D eigenvalue weighted by Gasteiger charge is -2.27. The van der Waals surface area contributed by atoms with Crippen molar-refractivity contribution in [3.63, 3.8) is 0 Å². The quantitative estimate of drug-likeness (QED) is 0.369. The van der Waals surface area contributed by atoms with Gasteiger partial charge in [0.1, 0.15) is 17.9 Å². The van der Waals surface area contributed by atoms with Crippen molar-refractivity contribution in [2.24, 2.45) is 0 Å². The van der Waals surface area contributed by atoms with Gasteiger partial charge in [-0.25, -0.2) is 0 Å². The van der Waals surface area contributed by atoms with Gasteiger partial charge in [-0.3, -0.25) is 9.59 Å². The minimum absolute atomic E-state index is 0.102. The molecule has 7 heteroatoms. The smallest absolute Gasteiger partial charge is 0.290 e. The van der Waals surface area contributed by atoms with Crippen LogP contribution in [0.5, 0.6) is 5.75 Å². The number of amides is 1. The molecule has 2 heterocycles. The summed E-state index contributed by atoms with van der Waals surface area (Å²) in [6.45, 7) is 11.6. The fraction of sp³-hybridized carbons (Fsp3) is 0.333. The predicted octanol–water partition coefficient (Wildman–Crippen LogP) is 5.29. The summed E-state index contributed by atoms with van der Waals surface area (Å²) in [4.78, 5) is 31.2. The van der Waals surface area contributed by atoms with Crippen molar-refractivity contribution in [1.29, 1.82) is 0 Å².